The van der Waals surface area contributed by atoms with Crippen molar-refractivity contribution in [3.05, 3.63) is 16.9 Å². The van der Waals surface area contributed by atoms with Crippen molar-refractivity contribution in [3.8, 4) is 5.88 Å². The molecule has 5 nitrogen and oxygen atoms in total. The summed E-state index contributed by atoms with van der Waals surface area (Å²) in [4.78, 5) is 7.71. The fraction of sp³-hybridized carbons (Fsp3) is 0.571. The molecule has 1 aliphatic rings. The van der Waals surface area contributed by atoms with Crippen LogP contribution in [0.4, 0.5) is 0 Å². The predicted octanol–water partition coefficient (Wildman–Crippen LogP) is 2.92. The molecule has 1 aliphatic heterocycles. The van der Waals surface area contributed by atoms with Crippen LogP contribution < -0.4 is 4.74 Å². The third-order valence-corrected chi connectivity index (χ3v) is 4.29. The fourth-order valence-corrected chi connectivity index (χ4v) is 3.15. The summed E-state index contributed by atoms with van der Waals surface area (Å²) in [6.07, 6.45) is 2.45. The maximum Gasteiger partial charge on any atom is 0.215 e. The number of H-pyrrole nitrogens is 1. The molecule has 0 amide bonds. The number of imidazole rings is 1. The van der Waals surface area contributed by atoms with E-state index in [-0.39, 0.29) is 0 Å². The Bertz CT molecular complexity index is 664. The molecule has 2 atom stereocenters. The Morgan fingerprint density at radius 3 is 3.15 bits per heavy atom. The van der Waals surface area contributed by atoms with Gasteiger partial charge in [-0.1, -0.05) is 6.92 Å². The molecule has 3 rings (SSSR count). The normalized spacial score (nSPS) is 22.5. The minimum absolute atomic E-state index is 0.326. The van der Waals surface area contributed by atoms with E-state index in [1.54, 1.807) is 7.11 Å². The highest BCUT2D eigenvalue weighted by molar-refractivity contribution is 7.71. The van der Waals surface area contributed by atoms with Gasteiger partial charge < -0.3 is 19.0 Å². The highest BCUT2D eigenvalue weighted by Crippen LogP contribution is 2.27. The topological polar surface area (TPSA) is 52.1 Å². The molecule has 20 heavy (non-hydrogen) atoms. The molecule has 0 aromatic carbocycles. The maximum absolute atomic E-state index is 5.76. The Morgan fingerprint density at radius 1 is 1.55 bits per heavy atom. The number of hydrogen-bond donors (Lipinski definition) is 1. The van der Waals surface area contributed by atoms with Gasteiger partial charge in [-0.3, -0.25) is 0 Å². The van der Waals surface area contributed by atoms with Crippen LogP contribution in [0.5, 0.6) is 5.88 Å². The highest BCUT2D eigenvalue weighted by Gasteiger charge is 2.27. The molecule has 6 heteroatoms. The molecule has 0 aliphatic carbocycles. The SMILES string of the molecule is CCC1OCCC1Cn1c(=S)[nH]c2ccc(OC)nc21. The van der Waals surface area contributed by atoms with Crippen molar-refractivity contribution < 1.29 is 9.47 Å². The van der Waals surface area contributed by atoms with Crippen molar-refractivity contribution in [1.82, 2.24) is 14.5 Å². The maximum atomic E-state index is 5.76. The first-order chi connectivity index (χ1) is 9.72. The lowest BCUT2D eigenvalue weighted by Crippen LogP contribution is -2.20. The van der Waals surface area contributed by atoms with Gasteiger partial charge in [0.15, 0.2) is 10.4 Å². The number of aromatic nitrogens is 3. The summed E-state index contributed by atoms with van der Waals surface area (Å²) in [5.74, 6) is 1.11. The lowest BCUT2D eigenvalue weighted by Gasteiger charge is -2.17. The molecule has 0 spiro atoms. The number of nitrogens with zero attached hydrogens (tertiary/aromatic N) is 2. The summed E-state index contributed by atoms with van der Waals surface area (Å²) >= 11 is 5.43. The summed E-state index contributed by atoms with van der Waals surface area (Å²) in [6, 6.07) is 3.79. The van der Waals surface area contributed by atoms with Gasteiger partial charge in [0.05, 0.1) is 18.7 Å². The van der Waals surface area contributed by atoms with E-state index >= 15 is 0 Å². The van der Waals surface area contributed by atoms with E-state index in [0.717, 1.165) is 37.2 Å². The lowest BCUT2D eigenvalue weighted by molar-refractivity contribution is 0.0836. The Kier molecular flexibility index (Phi) is 3.76. The van der Waals surface area contributed by atoms with Gasteiger partial charge in [-0.2, -0.15) is 4.98 Å². The molecule has 1 fully saturated rings. The average molecular weight is 293 g/mol. The van der Waals surface area contributed by atoms with Gasteiger partial charge in [0.2, 0.25) is 5.88 Å². The zero-order chi connectivity index (χ0) is 14.1. The smallest absolute Gasteiger partial charge is 0.215 e. The molecule has 0 bridgehead atoms. The van der Waals surface area contributed by atoms with Crippen LogP contribution in [0.2, 0.25) is 0 Å². The quantitative estimate of drug-likeness (QED) is 0.881. The molecule has 108 valence electrons. The van der Waals surface area contributed by atoms with Gasteiger partial charge >= 0.3 is 0 Å². The van der Waals surface area contributed by atoms with Gasteiger partial charge in [0.25, 0.3) is 0 Å². The second-order valence-electron chi connectivity index (χ2n) is 5.13. The number of nitrogens with one attached hydrogen (secondary N) is 1. The summed E-state index contributed by atoms with van der Waals surface area (Å²) in [5.41, 5.74) is 1.80. The molecular weight excluding hydrogens is 274 g/mol. The summed E-state index contributed by atoms with van der Waals surface area (Å²) in [7, 11) is 1.62. The van der Waals surface area contributed by atoms with Crippen molar-refractivity contribution in [2.45, 2.75) is 32.4 Å². The number of fused-ring (bicyclic) bond motifs is 1. The monoisotopic (exact) mass is 293 g/mol. The number of ether oxygens (including phenoxy) is 2. The number of hydrogen-bond acceptors (Lipinski definition) is 4. The minimum Gasteiger partial charge on any atom is -0.481 e. The second-order valence-corrected chi connectivity index (χ2v) is 5.52. The lowest BCUT2D eigenvalue weighted by atomic mass is 10.00. The zero-order valence-corrected chi connectivity index (χ0v) is 12.6. The summed E-state index contributed by atoms with van der Waals surface area (Å²) in [6.45, 7) is 3.85. The van der Waals surface area contributed by atoms with E-state index < -0.39 is 0 Å². The fourth-order valence-electron chi connectivity index (χ4n) is 2.88. The zero-order valence-electron chi connectivity index (χ0n) is 11.8. The molecule has 2 unspecified atom stereocenters. The second kappa shape index (κ2) is 5.54. The molecule has 0 radical (unpaired) electrons. The van der Waals surface area contributed by atoms with Crippen LogP contribution >= 0.6 is 12.2 Å². The van der Waals surface area contributed by atoms with Gasteiger partial charge in [0, 0.05) is 25.1 Å². The Labute approximate surface area is 122 Å². The van der Waals surface area contributed by atoms with Crippen LogP contribution in [0, 0.1) is 10.7 Å². The van der Waals surface area contributed by atoms with Gasteiger partial charge in [0.1, 0.15) is 0 Å². The van der Waals surface area contributed by atoms with E-state index in [0.29, 0.717) is 22.7 Å². The van der Waals surface area contributed by atoms with Crippen molar-refractivity contribution in [1.29, 1.82) is 0 Å². The van der Waals surface area contributed by atoms with Crippen molar-refractivity contribution >= 4 is 23.4 Å². The first-order valence-electron chi connectivity index (χ1n) is 6.98. The number of aromatic amines is 1. The van der Waals surface area contributed by atoms with E-state index in [4.69, 9.17) is 21.7 Å². The van der Waals surface area contributed by atoms with Gasteiger partial charge in [-0.25, -0.2) is 0 Å². The van der Waals surface area contributed by atoms with Crippen LogP contribution in [-0.2, 0) is 11.3 Å². The highest BCUT2D eigenvalue weighted by atomic mass is 32.1. The Hall–Kier alpha value is -1.40. The number of pyridine rings is 1. The number of rotatable bonds is 4. The standard InChI is InChI=1S/C14H19N3O2S/c1-3-11-9(6-7-19-11)8-17-13-10(15-14(17)20)4-5-12(16-13)18-2/h4-5,9,11H,3,6-8H2,1-2H3,(H,15,20). The van der Waals surface area contributed by atoms with Crippen LogP contribution in [0.3, 0.4) is 0 Å². The predicted molar refractivity (Wildman–Crippen MR) is 79.6 cm³/mol. The van der Waals surface area contributed by atoms with Crippen molar-refractivity contribution in [3.63, 3.8) is 0 Å². The first kappa shape index (κ1) is 13.6. The Morgan fingerprint density at radius 2 is 2.40 bits per heavy atom. The largest absolute Gasteiger partial charge is 0.481 e. The average Bonchev–Trinajstić information content (AvgIpc) is 3.03. The van der Waals surface area contributed by atoms with Gasteiger partial charge in [-0.05, 0) is 31.1 Å². The van der Waals surface area contributed by atoms with Crippen LogP contribution in [0.25, 0.3) is 11.2 Å². The molecule has 1 saturated heterocycles. The van der Waals surface area contributed by atoms with Crippen LogP contribution in [-0.4, -0.2) is 34.4 Å². The summed E-state index contributed by atoms with van der Waals surface area (Å²) in [5, 5.41) is 0. The first-order valence-corrected chi connectivity index (χ1v) is 7.39. The third kappa shape index (κ3) is 2.33. The van der Waals surface area contributed by atoms with Crippen LogP contribution in [0.15, 0.2) is 12.1 Å². The molecular formula is C14H19N3O2S. The summed E-state index contributed by atoms with van der Waals surface area (Å²) < 4.78 is 13.7. The molecule has 1 N–H and O–H groups in total. The van der Waals surface area contributed by atoms with E-state index in [1.165, 1.54) is 0 Å². The molecule has 3 heterocycles. The third-order valence-electron chi connectivity index (χ3n) is 3.97. The molecule has 0 saturated carbocycles. The molecule has 2 aromatic heterocycles. The minimum atomic E-state index is 0.326. The molecule has 2 aromatic rings. The van der Waals surface area contributed by atoms with E-state index in [9.17, 15) is 0 Å². The number of methoxy groups -OCH3 is 1. The van der Waals surface area contributed by atoms with Crippen LogP contribution in [0.1, 0.15) is 19.8 Å². The van der Waals surface area contributed by atoms with E-state index in [1.807, 2.05) is 12.1 Å². The van der Waals surface area contributed by atoms with E-state index in [2.05, 4.69) is 21.5 Å². The Balaban J connectivity index is 1.97. The van der Waals surface area contributed by atoms with Crippen molar-refractivity contribution in [2.24, 2.45) is 5.92 Å². The van der Waals surface area contributed by atoms with Crippen molar-refractivity contribution in [2.75, 3.05) is 13.7 Å². The van der Waals surface area contributed by atoms with Gasteiger partial charge in [-0.15, -0.1) is 0 Å².